The predicted octanol–water partition coefficient (Wildman–Crippen LogP) is 3.90. The quantitative estimate of drug-likeness (QED) is 0.850. The summed E-state index contributed by atoms with van der Waals surface area (Å²) in [5.74, 6) is 2.54. The van der Waals surface area contributed by atoms with E-state index in [-0.39, 0.29) is 0 Å². The zero-order valence-electron chi connectivity index (χ0n) is 10.8. The monoisotopic (exact) mass is 263 g/mol. The molecular weight excluding hydrogens is 246 g/mol. The van der Waals surface area contributed by atoms with Gasteiger partial charge in [-0.2, -0.15) is 12.6 Å². The fourth-order valence-electron chi connectivity index (χ4n) is 1.79. The van der Waals surface area contributed by atoms with Crippen molar-refractivity contribution in [3.8, 4) is 17.1 Å². The number of aromatic nitrogens is 1. The van der Waals surface area contributed by atoms with Crippen LogP contribution in [0.25, 0.3) is 11.3 Å². The van der Waals surface area contributed by atoms with Crippen LogP contribution < -0.4 is 4.74 Å². The Morgan fingerprint density at radius 1 is 1.33 bits per heavy atom. The Labute approximate surface area is 113 Å². The van der Waals surface area contributed by atoms with E-state index in [1.54, 1.807) is 7.11 Å². The van der Waals surface area contributed by atoms with Crippen molar-refractivity contribution in [1.29, 1.82) is 0 Å². The summed E-state index contributed by atoms with van der Waals surface area (Å²) in [5.41, 5.74) is 3.00. The second-order valence-corrected chi connectivity index (χ2v) is 4.77. The Hall–Kier alpha value is -1.42. The number of thiol groups is 1. The Morgan fingerprint density at radius 3 is 2.67 bits per heavy atom. The number of ether oxygens (including phenoxy) is 1. The third-order valence-electron chi connectivity index (χ3n) is 2.88. The molecule has 0 radical (unpaired) electrons. The highest BCUT2D eigenvalue weighted by Gasteiger charge is 2.13. The van der Waals surface area contributed by atoms with E-state index in [4.69, 9.17) is 9.26 Å². The van der Waals surface area contributed by atoms with Gasteiger partial charge in [0.15, 0.2) is 5.76 Å². The standard InChI is InChI=1S/C14H17NO2S/c1-9(2)10-4-5-13(16-3)12(6-10)14-7-11(8-18)15-17-14/h4-7,9,18H,8H2,1-3H3. The molecule has 0 aliphatic heterocycles. The number of benzene rings is 1. The van der Waals surface area contributed by atoms with Crippen LogP contribution in [-0.4, -0.2) is 12.3 Å². The average molecular weight is 263 g/mol. The molecule has 0 spiro atoms. The Balaban J connectivity index is 2.49. The number of hydrogen-bond donors (Lipinski definition) is 1. The fraction of sp³-hybridized carbons (Fsp3) is 0.357. The SMILES string of the molecule is COc1ccc(C(C)C)cc1-c1cc(CS)no1. The van der Waals surface area contributed by atoms with E-state index >= 15 is 0 Å². The first-order chi connectivity index (χ1) is 8.65. The summed E-state index contributed by atoms with van der Waals surface area (Å²) in [6.45, 7) is 4.32. The summed E-state index contributed by atoms with van der Waals surface area (Å²) < 4.78 is 10.7. The van der Waals surface area contributed by atoms with Gasteiger partial charge in [-0.1, -0.05) is 25.1 Å². The lowest BCUT2D eigenvalue weighted by Crippen LogP contribution is -1.92. The van der Waals surface area contributed by atoms with E-state index in [1.807, 2.05) is 12.1 Å². The largest absolute Gasteiger partial charge is 0.496 e. The van der Waals surface area contributed by atoms with Crippen molar-refractivity contribution in [2.45, 2.75) is 25.5 Å². The number of methoxy groups -OCH3 is 1. The van der Waals surface area contributed by atoms with Gasteiger partial charge in [-0.05, 0) is 23.6 Å². The molecule has 2 aromatic rings. The van der Waals surface area contributed by atoms with Crippen LogP contribution >= 0.6 is 12.6 Å². The first-order valence-electron chi connectivity index (χ1n) is 5.90. The third kappa shape index (κ3) is 2.53. The highest BCUT2D eigenvalue weighted by molar-refractivity contribution is 7.79. The van der Waals surface area contributed by atoms with E-state index in [0.717, 1.165) is 22.8 Å². The highest BCUT2D eigenvalue weighted by Crippen LogP contribution is 2.33. The Kier molecular flexibility index (Phi) is 3.97. The van der Waals surface area contributed by atoms with Gasteiger partial charge in [0.25, 0.3) is 0 Å². The number of rotatable bonds is 4. The van der Waals surface area contributed by atoms with Gasteiger partial charge in [-0.3, -0.25) is 0 Å². The molecule has 1 heterocycles. The maximum absolute atomic E-state index is 5.37. The molecule has 0 saturated carbocycles. The summed E-state index contributed by atoms with van der Waals surface area (Å²) >= 11 is 4.18. The number of nitrogens with zero attached hydrogens (tertiary/aromatic N) is 1. The van der Waals surface area contributed by atoms with Crippen LogP contribution in [0.4, 0.5) is 0 Å². The molecule has 0 unspecified atom stereocenters. The summed E-state index contributed by atoms with van der Waals surface area (Å²) in [7, 11) is 1.66. The minimum absolute atomic E-state index is 0.460. The van der Waals surface area contributed by atoms with Crippen LogP contribution in [0.5, 0.6) is 5.75 Å². The lowest BCUT2D eigenvalue weighted by atomic mass is 9.99. The Morgan fingerprint density at radius 2 is 2.11 bits per heavy atom. The van der Waals surface area contributed by atoms with Crippen LogP contribution in [0, 0.1) is 0 Å². The minimum atomic E-state index is 0.460. The molecule has 0 aliphatic carbocycles. The fourth-order valence-corrected chi connectivity index (χ4v) is 1.94. The summed E-state index contributed by atoms with van der Waals surface area (Å²) in [6, 6.07) is 8.03. The van der Waals surface area contributed by atoms with Crippen molar-refractivity contribution in [3.63, 3.8) is 0 Å². The normalized spacial score (nSPS) is 10.9. The average Bonchev–Trinajstić information content (AvgIpc) is 2.86. The molecule has 0 fully saturated rings. The van der Waals surface area contributed by atoms with Gasteiger partial charge in [0.2, 0.25) is 0 Å². The molecule has 0 bridgehead atoms. The summed E-state index contributed by atoms with van der Waals surface area (Å²) in [4.78, 5) is 0. The minimum Gasteiger partial charge on any atom is -0.496 e. The van der Waals surface area contributed by atoms with Gasteiger partial charge in [0, 0.05) is 11.8 Å². The van der Waals surface area contributed by atoms with Crippen molar-refractivity contribution in [1.82, 2.24) is 5.16 Å². The van der Waals surface area contributed by atoms with Crippen molar-refractivity contribution < 1.29 is 9.26 Å². The molecule has 0 atom stereocenters. The van der Waals surface area contributed by atoms with E-state index in [9.17, 15) is 0 Å². The van der Waals surface area contributed by atoms with E-state index in [1.165, 1.54) is 5.56 Å². The molecule has 18 heavy (non-hydrogen) atoms. The van der Waals surface area contributed by atoms with Crippen LogP contribution in [0.3, 0.4) is 0 Å². The van der Waals surface area contributed by atoms with Crippen molar-refractivity contribution >= 4 is 12.6 Å². The Bertz CT molecular complexity index is 534. The second-order valence-electron chi connectivity index (χ2n) is 4.46. The van der Waals surface area contributed by atoms with Crippen molar-refractivity contribution in [3.05, 3.63) is 35.5 Å². The first-order valence-corrected chi connectivity index (χ1v) is 6.53. The van der Waals surface area contributed by atoms with E-state index < -0.39 is 0 Å². The van der Waals surface area contributed by atoms with Gasteiger partial charge >= 0.3 is 0 Å². The van der Waals surface area contributed by atoms with Crippen molar-refractivity contribution in [2.24, 2.45) is 0 Å². The lowest BCUT2D eigenvalue weighted by molar-refractivity contribution is 0.404. The van der Waals surface area contributed by atoms with Crippen LogP contribution in [-0.2, 0) is 5.75 Å². The van der Waals surface area contributed by atoms with Crippen molar-refractivity contribution in [2.75, 3.05) is 7.11 Å². The third-order valence-corrected chi connectivity index (χ3v) is 3.20. The molecule has 1 aromatic heterocycles. The van der Waals surface area contributed by atoms with E-state index in [2.05, 4.69) is 43.8 Å². The molecule has 0 amide bonds. The van der Waals surface area contributed by atoms with Crippen LogP contribution in [0.2, 0.25) is 0 Å². The van der Waals surface area contributed by atoms with Gasteiger partial charge in [-0.25, -0.2) is 0 Å². The maximum atomic E-state index is 5.37. The zero-order valence-corrected chi connectivity index (χ0v) is 11.7. The van der Waals surface area contributed by atoms with Crippen LogP contribution in [0.1, 0.15) is 31.0 Å². The summed E-state index contributed by atoms with van der Waals surface area (Å²) in [5, 5.41) is 3.95. The molecule has 3 nitrogen and oxygen atoms in total. The smallest absolute Gasteiger partial charge is 0.170 e. The molecule has 2 rings (SSSR count). The van der Waals surface area contributed by atoms with Gasteiger partial charge < -0.3 is 9.26 Å². The first kappa shape index (κ1) is 13.0. The molecule has 4 heteroatoms. The highest BCUT2D eigenvalue weighted by atomic mass is 32.1. The molecule has 0 N–H and O–H groups in total. The molecule has 96 valence electrons. The molecule has 0 saturated heterocycles. The van der Waals surface area contributed by atoms with Gasteiger partial charge in [0.1, 0.15) is 5.75 Å². The molecule has 0 aliphatic rings. The van der Waals surface area contributed by atoms with E-state index in [0.29, 0.717) is 11.7 Å². The van der Waals surface area contributed by atoms with Gasteiger partial charge in [0.05, 0.1) is 18.4 Å². The molecular formula is C14H17NO2S. The number of hydrogen-bond acceptors (Lipinski definition) is 4. The second kappa shape index (κ2) is 5.48. The van der Waals surface area contributed by atoms with Crippen LogP contribution in [0.15, 0.2) is 28.8 Å². The zero-order chi connectivity index (χ0) is 13.1. The topological polar surface area (TPSA) is 35.3 Å². The predicted molar refractivity (Wildman–Crippen MR) is 75.3 cm³/mol. The summed E-state index contributed by atoms with van der Waals surface area (Å²) in [6.07, 6.45) is 0. The maximum Gasteiger partial charge on any atom is 0.170 e. The lowest BCUT2D eigenvalue weighted by Gasteiger charge is -2.10. The molecule has 1 aromatic carbocycles. The van der Waals surface area contributed by atoms with Gasteiger partial charge in [-0.15, -0.1) is 0 Å².